The highest BCUT2D eigenvalue weighted by Gasteiger charge is 2.44. The molecule has 7 rings (SSSR count). The van der Waals surface area contributed by atoms with Gasteiger partial charge in [0.2, 0.25) is 5.91 Å². The number of aromatic nitrogens is 2. The summed E-state index contributed by atoms with van der Waals surface area (Å²) in [4.78, 5) is 33.9. The zero-order chi connectivity index (χ0) is 31.8. The van der Waals surface area contributed by atoms with Crippen molar-refractivity contribution in [3.63, 3.8) is 0 Å². The van der Waals surface area contributed by atoms with E-state index in [2.05, 4.69) is 11.6 Å². The molecule has 45 heavy (non-hydrogen) atoms. The van der Waals surface area contributed by atoms with Crippen LogP contribution in [0.1, 0.15) is 30.4 Å². The van der Waals surface area contributed by atoms with Crippen LogP contribution >= 0.6 is 23.1 Å². The third kappa shape index (κ3) is 4.58. The predicted octanol–water partition coefficient (Wildman–Crippen LogP) is 6.00. The van der Waals surface area contributed by atoms with Crippen LogP contribution in [0.3, 0.4) is 0 Å². The van der Waals surface area contributed by atoms with Gasteiger partial charge in [0.15, 0.2) is 0 Å². The molecule has 1 saturated heterocycles. The average molecular weight is 655 g/mol. The van der Waals surface area contributed by atoms with E-state index < -0.39 is 23.2 Å². The number of hydrogen-bond donors (Lipinski definition) is 1. The molecular formula is C31H26F4N6O2S2. The van der Waals surface area contributed by atoms with Crippen molar-refractivity contribution < 1.29 is 22.4 Å². The number of carbonyl (C=O) groups is 1. The van der Waals surface area contributed by atoms with Gasteiger partial charge in [-0.05, 0) is 42.0 Å². The summed E-state index contributed by atoms with van der Waals surface area (Å²) in [6.07, 6.45) is -1.05. The smallest absolute Gasteiger partial charge is 0.389 e. The van der Waals surface area contributed by atoms with Gasteiger partial charge in [-0.25, -0.2) is 9.18 Å². The number of thiophene rings is 1. The van der Waals surface area contributed by atoms with Crippen LogP contribution in [0, 0.1) is 22.6 Å². The van der Waals surface area contributed by atoms with Gasteiger partial charge >= 0.3 is 11.9 Å². The Morgan fingerprint density at radius 3 is 2.56 bits per heavy atom. The second kappa shape index (κ2) is 10.5. The van der Waals surface area contributed by atoms with Gasteiger partial charge in [0.1, 0.15) is 22.7 Å². The Morgan fingerprint density at radius 2 is 1.93 bits per heavy atom. The molecule has 2 aliphatic heterocycles. The Hall–Kier alpha value is -4.09. The molecule has 4 aromatic rings. The minimum absolute atomic E-state index is 0.00388. The van der Waals surface area contributed by atoms with Gasteiger partial charge in [0.25, 0.3) is 0 Å². The molecule has 2 fully saturated rings. The molecular weight excluding hydrogens is 629 g/mol. The van der Waals surface area contributed by atoms with Crippen molar-refractivity contribution in [1.29, 1.82) is 5.26 Å². The highest BCUT2D eigenvalue weighted by atomic mass is 32.2. The number of nitrogen functional groups attached to an aromatic ring is 1. The van der Waals surface area contributed by atoms with Crippen LogP contribution in [0.2, 0.25) is 0 Å². The molecule has 4 heterocycles. The van der Waals surface area contributed by atoms with E-state index in [9.17, 15) is 14.9 Å². The minimum atomic E-state index is -4.86. The van der Waals surface area contributed by atoms with Crippen LogP contribution in [0.4, 0.5) is 28.4 Å². The molecule has 8 nitrogen and oxygen atoms in total. The van der Waals surface area contributed by atoms with Gasteiger partial charge in [-0.2, -0.15) is 23.4 Å². The Bertz CT molecular complexity index is 2030. The lowest BCUT2D eigenvalue weighted by Crippen LogP contribution is -2.49. The third-order valence-corrected chi connectivity index (χ3v) is 11.7. The maximum atomic E-state index is 15.2. The fraction of sp³-hybridized carbons (Fsp3) is 0.355. The number of thioether (sulfide) groups is 1. The molecule has 0 radical (unpaired) electrons. The van der Waals surface area contributed by atoms with E-state index in [1.807, 2.05) is 6.07 Å². The van der Waals surface area contributed by atoms with Crippen LogP contribution in [-0.2, 0) is 17.5 Å². The summed E-state index contributed by atoms with van der Waals surface area (Å²) >= 11 is 2.08. The quantitative estimate of drug-likeness (QED) is 0.213. The summed E-state index contributed by atoms with van der Waals surface area (Å²) < 4.78 is 62.1. The van der Waals surface area contributed by atoms with Gasteiger partial charge in [-0.1, -0.05) is 19.1 Å². The number of halogens is 4. The number of nitrogens with zero attached hydrogens (tertiary/aromatic N) is 5. The van der Waals surface area contributed by atoms with Crippen LogP contribution < -0.4 is 16.3 Å². The van der Waals surface area contributed by atoms with E-state index in [0.717, 1.165) is 42.7 Å². The maximum Gasteiger partial charge on any atom is 0.417 e. The maximum absolute atomic E-state index is 15.2. The Morgan fingerprint density at radius 1 is 1.20 bits per heavy atom. The first-order valence-corrected chi connectivity index (χ1v) is 16.2. The van der Waals surface area contributed by atoms with Crippen molar-refractivity contribution in [3.8, 4) is 17.2 Å². The standard InChI is InChI=1S/C31H26F4N6O2S2/c1-2-21(42)39-8-10-40(11-9-39)28-17-12-19(31(33,34)35)23(16-4-5-20(32)25-22(16)18(13-36)27(37)45-25)26-24(17)41(29(43)38-28)14-30(15-44-26)6-3-7-30/h2,4-5,12H,1,3,6-11,14-15,37H2. The molecule has 1 aliphatic carbocycles. The molecule has 2 aromatic heterocycles. The number of alkyl halides is 3. The second-order valence-electron chi connectivity index (χ2n) is 11.7. The summed E-state index contributed by atoms with van der Waals surface area (Å²) in [5.74, 6) is -0.331. The zero-order valence-corrected chi connectivity index (χ0v) is 25.5. The number of anilines is 2. The molecule has 2 N–H and O–H groups in total. The van der Waals surface area contributed by atoms with E-state index in [4.69, 9.17) is 5.73 Å². The first kappa shape index (κ1) is 29.6. The fourth-order valence-corrected chi connectivity index (χ4v) is 9.28. The van der Waals surface area contributed by atoms with Crippen LogP contribution in [0.15, 0.2) is 40.5 Å². The first-order chi connectivity index (χ1) is 21.5. The summed E-state index contributed by atoms with van der Waals surface area (Å²) in [6, 6.07) is 5.35. The number of hydrogen-bond acceptors (Lipinski definition) is 8. The van der Waals surface area contributed by atoms with Crippen molar-refractivity contribution in [1.82, 2.24) is 14.5 Å². The number of piperazine rings is 1. The highest BCUT2D eigenvalue weighted by Crippen LogP contribution is 2.55. The van der Waals surface area contributed by atoms with E-state index in [1.165, 1.54) is 28.5 Å². The van der Waals surface area contributed by atoms with E-state index in [0.29, 0.717) is 17.8 Å². The van der Waals surface area contributed by atoms with Crippen molar-refractivity contribution in [2.45, 2.75) is 36.9 Å². The minimum Gasteiger partial charge on any atom is -0.389 e. The van der Waals surface area contributed by atoms with Crippen molar-refractivity contribution in [3.05, 3.63) is 58.3 Å². The summed E-state index contributed by atoms with van der Waals surface area (Å²) in [6.45, 7) is 4.94. The third-order valence-electron chi connectivity index (χ3n) is 9.20. The fourth-order valence-electron chi connectivity index (χ4n) is 6.77. The number of amides is 1. The molecule has 14 heteroatoms. The highest BCUT2D eigenvalue weighted by molar-refractivity contribution is 7.99. The molecule has 0 atom stereocenters. The van der Waals surface area contributed by atoms with Gasteiger partial charge in [0, 0.05) is 59.7 Å². The van der Waals surface area contributed by atoms with E-state index in [-0.39, 0.29) is 85.4 Å². The molecule has 232 valence electrons. The average Bonchev–Trinajstić information content (AvgIpc) is 3.22. The SMILES string of the molecule is C=CC(=O)N1CCN(c2nc(=O)n3c4c(c(-c5ccc(F)c6sc(N)c(C#N)c56)c(C(F)(F)F)cc24)SCC2(CCC2)C3)CC1. The predicted molar refractivity (Wildman–Crippen MR) is 167 cm³/mol. The topological polar surface area (TPSA) is 108 Å². The van der Waals surface area contributed by atoms with Crippen LogP contribution in [-0.4, -0.2) is 52.3 Å². The molecule has 1 amide bonds. The second-order valence-corrected chi connectivity index (χ2v) is 13.8. The lowest BCUT2D eigenvalue weighted by Gasteiger charge is -2.41. The molecule has 1 saturated carbocycles. The number of carbonyl (C=O) groups excluding carboxylic acids is 1. The van der Waals surface area contributed by atoms with Crippen LogP contribution in [0.5, 0.6) is 0 Å². The van der Waals surface area contributed by atoms with Crippen LogP contribution in [0.25, 0.3) is 32.1 Å². The summed E-state index contributed by atoms with van der Waals surface area (Å²) in [5, 5.41) is 10.1. The number of nitrogens with two attached hydrogens (primary N) is 1. The number of nitriles is 1. The summed E-state index contributed by atoms with van der Waals surface area (Å²) in [7, 11) is 0. The van der Waals surface area contributed by atoms with Gasteiger partial charge in [-0.15, -0.1) is 23.1 Å². The van der Waals surface area contributed by atoms with Gasteiger partial charge < -0.3 is 15.5 Å². The lowest BCUT2D eigenvalue weighted by atomic mass is 9.70. The van der Waals surface area contributed by atoms with Gasteiger partial charge in [0.05, 0.1) is 21.3 Å². The monoisotopic (exact) mass is 654 g/mol. The zero-order valence-electron chi connectivity index (χ0n) is 23.8. The molecule has 0 unspecified atom stereocenters. The lowest BCUT2D eigenvalue weighted by molar-refractivity contribution is -0.137. The molecule has 2 aromatic carbocycles. The van der Waals surface area contributed by atoms with Crippen molar-refractivity contribution in [2.24, 2.45) is 5.41 Å². The Balaban J connectivity index is 1.56. The molecule has 1 spiro atoms. The summed E-state index contributed by atoms with van der Waals surface area (Å²) in [5.41, 5.74) is 4.32. The first-order valence-electron chi connectivity index (χ1n) is 14.3. The number of rotatable bonds is 3. The Labute approximate surface area is 262 Å². The van der Waals surface area contributed by atoms with Gasteiger partial charge in [-0.3, -0.25) is 9.36 Å². The van der Waals surface area contributed by atoms with E-state index in [1.54, 1.807) is 9.80 Å². The Kier molecular flexibility index (Phi) is 6.90. The normalized spacial score (nSPS) is 17.8. The van der Waals surface area contributed by atoms with E-state index >= 15 is 17.6 Å². The number of benzene rings is 2. The largest absolute Gasteiger partial charge is 0.417 e. The number of fused-ring (bicyclic) bond motifs is 1. The molecule has 0 bridgehead atoms. The van der Waals surface area contributed by atoms with Crippen molar-refractivity contribution in [2.75, 3.05) is 42.6 Å². The molecule has 3 aliphatic rings. The van der Waals surface area contributed by atoms with Crippen molar-refractivity contribution >= 4 is 60.8 Å².